The van der Waals surface area contributed by atoms with Crippen LogP contribution >= 0.6 is 0 Å². The van der Waals surface area contributed by atoms with Crippen LogP contribution in [0.4, 0.5) is 17.1 Å². The van der Waals surface area contributed by atoms with Gasteiger partial charge in [0.15, 0.2) is 0 Å². The number of sulfonamides is 1. The van der Waals surface area contributed by atoms with Gasteiger partial charge in [0.25, 0.3) is 0 Å². The molecule has 10 heteroatoms. The molecule has 4 rings (SSSR count). The highest BCUT2D eigenvalue weighted by atomic mass is 32.2. The number of esters is 1. The van der Waals surface area contributed by atoms with Crippen molar-refractivity contribution >= 4 is 44.7 Å². The molecule has 3 aromatic carbocycles. The predicted molar refractivity (Wildman–Crippen MR) is 149 cm³/mol. The Bertz CT molecular complexity index is 1450. The summed E-state index contributed by atoms with van der Waals surface area (Å²) in [4.78, 5) is 30.3. The normalized spacial score (nSPS) is 15.1. The number of carbonyl (C=O) groups is 2. The first-order valence-electron chi connectivity index (χ1n) is 12.2. The van der Waals surface area contributed by atoms with Gasteiger partial charge in [0, 0.05) is 18.8 Å². The van der Waals surface area contributed by atoms with Gasteiger partial charge in [-0.3, -0.25) is 14.1 Å². The van der Waals surface area contributed by atoms with Crippen molar-refractivity contribution in [3.8, 4) is 0 Å². The maximum absolute atomic E-state index is 13.2. The van der Waals surface area contributed by atoms with E-state index in [4.69, 9.17) is 9.73 Å². The van der Waals surface area contributed by atoms with Crippen LogP contribution in [0.1, 0.15) is 34.3 Å². The van der Waals surface area contributed by atoms with Crippen LogP contribution in [0.2, 0.25) is 0 Å². The molecule has 0 radical (unpaired) electrons. The van der Waals surface area contributed by atoms with E-state index >= 15 is 0 Å². The van der Waals surface area contributed by atoms with Crippen molar-refractivity contribution in [3.63, 3.8) is 0 Å². The first-order valence-corrected chi connectivity index (χ1v) is 14.1. The highest BCUT2D eigenvalue weighted by molar-refractivity contribution is 7.92. The number of fused-ring (bicyclic) bond motifs is 1. The molecule has 1 aliphatic rings. The van der Waals surface area contributed by atoms with Gasteiger partial charge in [-0.2, -0.15) is 0 Å². The van der Waals surface area contributed by atoms with Crippen molar-refractivity contribution < 1.29 is 22.7 Å². The minimum Gasteiger partial charge on any atom is -0.462 e. The fourth-order valence-corrected chi connectivity index (χ4v) is 5.24. The van der Waals surface area contributed by atoms with E-state index in [1.807, 2.05) is 30.3 Å². The predicted octanol–water partition coefficient (Wildman–Crippen LogP) is 3.71. The summed E-state index contributed by atoms with van der Waals surface area (Å²) < 4.78 is 31.0. The number of hydrogen-bond donors (Lipinski definition) is 2. The first kappa shape index (κ1) is 27.0. The Balaban J connectivity index is 1.74. The summed E-state index contributed by atoms with van der Waals surface area (Å²) in [5.74, 6) is -1.41. The Hall–Kier alpha value is -4.02. The van der Waals surface area contributed by atoms with Crippen molar-refractivity contribution in [2.75, 3.05) is 42.6 Å². The Kier molecular flexibility index (Phi) is 8.23. The van der Waals surface area contributed by atoms with Crippen molar-refractivity contribution in [2.45, 2.75) is 12.8 Å². The van der Waals surface area contributed by atoms with Crippen LogP contribution < -0.4 is 14.9 Å². The highest BCUT2D eigenvalue weighted by Crippen LogP contribution is 2.37. The lowest BCUT2D eigenvalue weighted by molar-refractivity contribution is -0.115. The van der Waals surface area contributed by atoms with Gasteiger partial charge >= 0.3 is 5.97 Å². The van der Waals surface area contributed by atoms with E-state index in [9.17, 15) is 18.0 Å². The number of aliphatic imine (C=N–C) groups is 1. The summed E-state index contributed by atoms with van der Waals surface area (Å²) in [6.07, 6.45) is 1.17. The molecule has 38 heavy (non-hydrogen) atoms. The lowest BCUT2D eigenvalue weighted by Gasteiger charge is -2.22. The summed E-state index contributed by atoms with van der Waals surface area (Å²) in [5.41, 5.74) is 4.00. The van der Waals surface area contributed by atoms with E-state index in [0.29, 0.717) is 47.0 Å². The van der Waals surface area contributed by atoms with Crippen LogP contribution in [0.3, 0.4) is 0 Å². The summed E-state index contributed by atoms with van der Waals surface area (Å²) in [6.45, 7) is 2.78. The zero-order valence-electron chi connectivity index (χ0n) is 21.5. The lowest BCUT2D eigenvalue weighted by atomic mass is 9.90. The van der Waals surface area contributed by atoms with E-state index in [1.54, 1.807) is 56.4 Å². The van der Waals surface area contributed by atoms with Crippen LogP contribution in [-0.2, 0) is 19.6 Å². The summed E-state index contributed by atoms with van der Waals surface area (Å²) in [6, 6.07) is 21.3. The van der Waals surface area contributed by atoms with Crippen LogP contribution in [0.15, 0.2) is 77.8 Å². The molecule has 9 nitrogen and oxygen atoms in total. The van der Waals surface area contributed by atoms with E-state index in [0.717, 1.165) is 5.56 Å². The van der Waals surface area contributed by atoms with Crippen LogP contribution in [0.25, 0.3) is 0 Å². The number of nitrogens with zero attached hydrogens (tertiary/aromatic N) is 2. The SMILES string of the molecule is CCOC(=O)c1ccc2c(c1)NC(=O)C2C(=Nc1ccc(N(CCNC)S(C)(=O)=O)cc1)c1ccccc1. The maximum Gasteiger partial charge on any atom is 0.338 e. The van der Waals surface area contributed by atoms with Crippen LogP contribution in [-0.4, -0.2) is 59.0 Å². The van der Waals surface area contributed by atoms with Crippen molar-refractivity contribution in [3.05, 3.63) is 89.5 Å². The minimum absolute atomic E-state index is 0.254. The van der Waals surface area contributed by atoms with Gasteiger partial charge in [-0.1, -0.05) is 36.4 Å². The smallest absolute Gasteiger partial charge is 0.338 e. The maximum atomic E-state index is 13.2. The van der Waals surface area contributed by atoms with Crippen LogP contribution in [0, 0.1) is 0 Å². The number of carbonyl (C=O) groups excluding carboxylic acids is 2. The van der Waals surface area contributed by atoms with Gasteiger partial charge in [0.2, 0.25) is 15.9 Å². The van der Waals surface area contributed by atoms with Crippen molar-refractivity contribution in [1.82, 2.24) is 5.32 Å². The molecule has 0 aromatic heterocycles. The highest BCUT2D eigenvalue weighted by Gasteiger charge is 2.36. The molecule has 1 amide bonds. The van der Waals surface area contributed by atoms with E-state index < -0.39 is 21.9 Å². The van der Waals surface area contributed by atoms with Gasteiger partial charge in [-0.25, -0.2) is 13.2 Å². The molecule has 1 aliphatic heterocycles. The Morgan fingerprint density at radius 1 is 1.05 bits per heavy atom. The molecule has 0 bridgehead atoms. The quantitative estimate of drug-likeness (QED) is 0.303. The van der Waals surface area contributed by atoms with E-state index in [2.05, 4.69) is 10.6 Å². The topological polar surface area (TPSA) is 117 Å². The molecule has 1 atom stereocenters. The third-order valence-electron chi connectivity index (χ3n) is 6.09. The fourth-order valence-electron chi connectivity index (χ4n) is 4.31. The Morgan fingerprint density at radius 2 is 1.76 bits per heavy atom. The van der Waals surface area contributed by atoms with Crippen LogP contribution in [0.5, 0.6) is 0 Å². The Morgan fingerprint density at radius 3 is 2.39 bits per heavy atom. The second-order valence-electron chi connectivity index (χ2n) is 8.76. The zero-order valence-corrected chi connectivity index (χ0v) is 22.3. The standard InChI is InChI=1S/C28H30N4O5S/c1-4-37-28(34)20-10-15-23-24(18-20)31-27(33)25(23)26(19-8-6-5-7-9-19)30-21-11-13-22(14-12-21)32(17-16-29-2)38(3,35)36/h5-15,18,25,29H,4,16-17H2,1-3H3,(H,31,33). The molecular formula is C28H30N4O5S. The second-order valence-corrected chi connectivity index (χ2v) is 10.7. The van der Waals surface area contributed by atoms with Gasteiger partial charge < -0.3 is 15.4 Å². The molecule has 2 N–H and O–H groups in total. The third-order valence-corrected chi connectivity index (χ3v) is 7.29. The number of anilines is 2. The molecule has 0 aliphatic carbocycles. The molecule has 0 fully saturated rings. The number of rotatable bonds is 10. The van der Waals surface area contributed by atoms with E-state index in [1.165, 1.54) is 10.6 Å². The zero-order chi connectivity index (χ0) is 27.3. The summed E-state index contributed by atoms with van der Waals surface area (Å²) >= 11 is 0. The Labute approximate surface area is 222 Å². The molecule has 1 heterocycles. The number of amides is 1. The fraction of sp³-hybridized carbons (Fsp3) is 0.250. The van der Waals surface area contributed by atoms with Gasteiger partial charge in [-0.05, 0) is 61.5 Å². The molecular weight excluding hydrogens is 504 g/mol. The first-order chi connectivity index (χ1) is 18.2. The second kappa shape index (κ2) is 11.6. The number of benzene rings is 3. The average Bonchev–Trinajstić information content (AvgIpc) is 3.23. The molecule has 0 saturated carbocycles. The molecule has 0 saturated heterocycles. The van der Waals surface area contributed by atoms with Crippen molar-refractivity contribution in [1.29, 1.82) is 0 Å². The number of hydrogen-bond acceptors (Lipinski definition) is 7. The molecule has 198 valence electrons. The third kappa shape index (κ3) is 5.92. The number of ether oxygens (including phenoxy) is 1. The number of likely N-dealkylation sites (N-methyl/N-ethyl adjacent to an activating group) is 1. The average molecular weight is 535 g/mol. The molecule has 3 aromatic rings. The monoisotopic (exact) mass is 534 g/mol. The largest absolute Gasteiger partial charge is 0.462 e. The number of nitrogens with one attached hydrogen (secondary N) is 2. The van der Waals surface area contributed by atoms with Crippen molar-refractivity contribution in [2.24, 2.45) is 4.99 Å². The lowest BCUT2D eigenvalue weighted by Crippen LogP contribution is -2.35. The van der Waals surface area contributed by atoms with Gasteiger partial charge in [-0.15, -0.1) is 0 Å². The summed E-state index contributed by atoms with van der Waals surface area (Å²) in [5, 5.41) is 5.84. The summed E-state index contributed by atoms with van der Waals surface area (Å²) in [7, 11) is -1.70. The molecule has 1 unspecified atom stereocenters. The van der Waals surface area contributed by atoms with E-state index in [-0.39, 0.29) is 12.5 Å². The van der Waals surface area contributed by atoms with Gasteiger partial charge in [0.05, 0.1) is 35.5 Å². The molecule has 0 spiro atoms. The minimum atomic E-state index is -3.46. The van der Waals surface area contributed by atoms with Gasteiger partial charge in [0.1, 0.15) is 5.92 Å².